The minimum absolute atomic E-state index is 0. The monoisotopic (exact) mass is 376 g/mol. The number of aliphatic imine (C=N–C) groups is 1. The Morgan fingerprint density at radius 2 is 2.21 bits per heavy atom. The van der Waals surface area contributed by atoms with Gasteiger partial charge in [0.2, 0.25) is 0 Å². The van der Waals surface area contributed by atoms with E-state index >= 15 is 0 Å². The molecule has 0 bridgehead atoms. The summed E-state index contributed by atoms with van der Waals surface area (Å²) in [6, 6.07) is 0.433. The van der Waals surface area contributed by atoms with Gasteiger partial charge in [-0.2, -0.15) is 0 Å². The molecule has 3 heterocycles. The van der Waals surface area contributed by atoms with Crippen LogP contribution < -0.4 is 10.6 Å². The van der Waals surface area contributed by atoms with E-state index in [0.717, 1.165) is 37.1 Å². The summed E-state index contributed by atoms with van der Waals surface area (Å²) in [5, 5.41) is 15.2. The summed E-state index contributed by atoms with van der Waals surface area (Å²) in [4.78, 5) is 4.38. The van der Waals surface area contributed by atoms with Gasteiger partial charge in [-0.3, -0.25) is 4.99 Å². The molecule has 1 atom stereocenters. The predicted molar refractivity (Wildman–Crippen MR) is 84.7 cm³/mol. The van der Waals surface area contributed by atoms with Crippen molar-refractivity contribution in [3.8, 4) is 0 Å². The molecule has 7 heteroatoms. The molecule has 0 spiro atoms. The smallest absolute Gasteiger partial charge is 0.191 e. The van der Waals surface area contributed by atoms with Crippen LogP contribution in [0.5, 0.6) is 0 Å². The first-order chi connectivity index (χ1) is 8.83. The minimum atomic E-state index is 0. The van der Waals surface area contributed by atoms with Gasteiger partial charge in [-0.15, -0.1) is 34.2 Å². The highest BCUT2D eigenvalue weighted by Gasteiger charge is 2.16. The average molecular weight is 376 g/mol. The average Bonchev–Trinajstić information content (AvgIpc) is 2.87. The first kappa shape index (κ1) is 14.5. The standard InChI is InChI=1S/C12H20N6.HI/c1-9-7-13-12(15-9)14-8-11-17-16-10-5-3-2-4-6-18(10)11;/h9H,2-8H2,1H3,(H2,13,14,15);1H. The maximum absolute atomic E-state index is 4.38. The number of nitrogens with zero attached hydrogens (tertiary/aromatic N) is 4. The lowest BCUT2D eigenvalue weighted by molar-refractivity contribution is 0.597. The van der Waals surface area contributed by atoms with Crippen molar-refractivity contribution in [1.82, 2.24) is 25.4 Å². The van der Waals surface area contributed by atoms with E-state index in [0.29, 0.717) is 12.6 Å². The number of hydrogen-bond acceptors (Lipinski definition) is 5. The number of rotatable bonds is 2. The Labute approximate surface area is 130 Å². The molecule has 0 amide bonds. The molecule has 106 valence electrons. The second kappa shape index (κ2) is 6.53. The summed E-state index contributed by atoms with van der Waals surface area (Å²) in [6.07, 6.45) is 4.82. The molecule has 0 fully saturated rings. The highest BCUT2D eigenvalue weighted by Crippen LogP contribution is 2.14. The van der Waals surface area contributed by atoms with Crippen LogP contribution >= 0.6 is 24.0 Å². The first-order valence-electron chi connectivity index (χ1n) is 6.79. The van der Waals surface area contributed by atoms with E-state index in [1.54, 1.807) is 0 Å². The number of guanidine groups is 1. The molecular weight excluding hydrogens is 355 g/mol. The van der Waals surface area contributed by atoms with Crippen LogP contribution in [-0.2, 0) is 19.5 Å². The molecule has 0 aromatic carbocycles. The van der Waals surface area contributed by atoms with Crippen LogP contribution in [0.4, 0.5) is 0 Å². The highest BCUT2D eigenvalue weighted by molar-refractivity contribution is 14.0. The minimum Gasteiger partial charge on any atom is -0.352 e. The van der Waals surface area contributed by atoms with E-state index in [4.69, 9.17) is 0 Å². The quantitative estimate of drug-likeness (QED) is 0.758. The van der Waals surface area contributed by atoms with Gasteiger partial charge in [0, 0.05) is 19.0 Å². The molecule has 3 rings (SSSR count). The lowest BCUT2D eigenvalue weighted by Gasteiger charge is -2.10. The molecule has 1 aromatic heterocycles. The molecule has 0 radical (unpaired) electrons. The van der Waals surface area contributed by atoms with Gasteiger partial charge in [0.1, 0.15) is 5.82 Å². The molecule has 2 aliphatic rings. The van der Waals surface area contributed by atoms with Crippen LogP contribution in [0.2, 0.25) is 0 Å². The van der Waals surface area contributed by atoms with Gasteiger partial charge in [0.05, 0.1) is 13.1 Å². The van der Waals surface area contributed by atoms with Crippen molar-refractivity contribution in [2.45, 2.75) is 51.7 Å². The van der Waals surface area contributed by atoms with E-state index in [2.05, 4.69) is 37.3 Å². The van der Waals surface area contributed by atoms with Gasteiger partial charge < -0.3 is 15.2 Å². The number of aromatic nitrogens is 3. The third-order valence-corrected chi connectivity index (χ3v) is 3.51. The fraction of sp³-hybridized carbons (Fsp3) is 0.750. The Hall–Kier alpha value is -0.860. The maximum atomic E-state index is 4.38. The number of halogens is 1. The summed E-state index contributed by atoms with van der Waals surface area (Å²) in [7, 11) is 0. The largest absolute Gasteiger partial charge is 0.352 e. The third kappa shape index (κ3) is 3.37. The summed E-state index contributed by atoms with van der Waals surface area (Å²) in [6.45, 7) is 4.72. The second-order valence-electron chi connectivity index (χ2n) is 5.08. The van der Waals surface area contributed by atoms with Gasteiger partial charge >= 0.3 is 0 Å². The summed E-state index contributed by atoms with van der Waals surface area (Å²) in [5.41, 5.74) is 0. The molecular formula is C12H21IN6. The SMILES string of the molecule is CC1CN=C(NCc2nnc3n2CCCCC3)N1.I. The molecule has 2 aliphatic heterocycles. The Morgan fingerprint density at radius 3 is 3.00 bits per heavy atom. The van der Waals surface area contributed by atoms with E-state index in [9.17, 15) is 0 Å². The lowest BCUT2D eigenvalue weighted by atomic mass is 10.2. The normalized spacial score (nSPS) is 21.7. The van der Waals surface area contributed by atoms with Gasteiger partial charge in [-0.1, -0.05) is 6.42 Å². The van der Waals surface area contributed by atoms with Crippen LogP contribution in [0.1, 0.15) is 37.8 Å². The molecule has 1 unspecified atom stereocenters. The van der Waals surface area contributed by atoms with Crippen molar-refractivity contribution in [3.05, 3.63) is 11.6 Å². The molecule has 0 aliphatic carbocycles. The first-order valence-corrected chi connectivity index (χ1v) is 6.79. The zero-order chi connectivity index (χ0) is 12.4. The molecule has 1 aromatic rings. The Kier molecular flexibility index (Phi) is 5.00. The van der Waals surface area contributed by atoms with E-state index in [1.807, 2.05) is 0 Å². The van der Waals surface area contributed by atoms with Gasteiger partial charge in [0.25, 0.3) is 0 Å². The van der Waals surface area contributed by atoms with Crippen LogP contribution in [0, 0.1) is 0 Å². The third-order valence-electron chi connectivity index (χ3n) is 3.51. The zero-order valence-corrected chi connectivity index (χ0v) is 13.6. The van der Waals surface area contributed by atoms with E-state index < -0.39 is 0 Å². The topological polar surface area (TPSA) is 67.1 Å². The summed E-state index contributed by atoms with van der Waals surface area (Å²) < 4.78 is 2.26. The number of aryl methyl sites for hydroxylation is 1. The summed E-state index contributed by atoms with van der Waals surface area (Å²) >= 11 is 0. The van der Waals surface area contributed by atoms with Crippen molar-refractivity contribution in [2.75, 3.05) is 6.54 Å². The van der Waals surface area contributed by atoms with Crippen LogP contribution in [0.15, 0.2) is 4.99 Å². The Balaban J connectivity index is 0.00000133. The maximum Gasteiger partial charge on any atom is 0.191 e. The number of fused-ring (bicyclic) bond motifs is 1. The molecule has 0 saturated carbocycles. The Bertz CT molecular complexity index is 455. The zero-order valence-electron chi connectivity index (χ0n) is 11.2. The van der Waals surface area contributed by atoms with Crippen molar-refractivity contribution in [2.24, 2.45) is 4.99 Å². The number of nitrogens with one attached hydrogen (secondary N) is 2. The van der Waals surface area contributed by atoms with E-state index in [1.165, 1.54) is 19.3 Å². The second-order valence-corrected chi connectivity index (χ2v) is 5.08. The van der Waals surface area contributed by atoms with Crippen molar-refractivity contribution in [1.29, 1.82) is 0 Å². The van der Waals surface area contributed by atoms with Gasteiger partial charge in [-0.25, -0.2) is 0 Å². The Morgan fingerprint density at radius 1 is 1.32 bits per heavy atom. The van der Waals surface area contributed by atoms with Gasteiger partial charge in [-0.05, 0) is 19.8 Å². The predicted octanol–water partition coefficient (Wildman–Crippen LogP) is 1.06. The lowest BCUT2D eigenvalue weighted by Crippen LogP contribution is -2.37. The van der Waals surface area contributed by atoms with Gasteiger partial charge in [0.15, 0.2) is 11.8 Å². The van der Waals surface area contributed by atoms with Crippen LogP contribution in [-0.4, -0.2) is 33.3 Å². The molecule has 2 N–H and O–H groups in total. The van der Waals surface area contributed by atoms with Crippen LogP contribution in [0.25, 0.3) is 0 Å². The highest BCUT2D eigenvalue weighted by atomic mass is 127. The fourth-order valence-corrected chi connectivity index (χ4v) is 2.50. The summed E-state index contributed by atoms with van der Waals surface area (Å²) in [5.74, 6) is 3.04. The van der Waals surface area contributed by atoms with E-state index in [-0.39, 0.29) is 24.0 Å². The molecule has 0 saturated heterocycles. The van der Waals surface area contributed by atoms with Crippen molar-refractivity contribution < 1.29 is 0 Å². The van der Waals surface area contributed by atoms with Crippen molar-refractivity contribution in [3.63, 3.8) is 0 Å². The fourth-order valence-electron chi connectivity index (χ4n) is 2.50. The molecule has 19 heavy (non-hydrogen) atoms. The number of hydrogen-bond donors (Lipinski definition) is 2. The van der Waals surface area contributed by atoms with Crippen molar-refractivity contribution >= 4 is 29.9 Å². The molecule has 6 nitrogen and oxygen atoms in total. The van der Waals surface area contributed by atoms with Crippen LogP contribution in [0.3, 0.4) is 0 Å².